The van der Waals surface area contributed by atoms with Crippen LogP contribution >= 0.6 is 11.6 Å². The third-order valence-corrected chi connectivity index (χ3v) is 5.45. The second-order valence-electron chi connectivity index (χ2n) is 8.36. The van der Waals surface area contributed by atoms with Gasteiger partial charge in [0.1, 0.15) is 16.9 Å². The van der Waals surface area contributed by atoms with E-state index in [1.165, 1.54) is 6.20 Å². The maximum absolute atomic E-state index is 13.0. The van der Waals surface area contributed by atoms with E-state index < -0.39 is 0 Å². The maximum atomic E-state index is 13.0. The number of carbonyl (C=O) groups is 1. The molecule has 0 aliphatic heterocycles. The number of hydrazine groups is 1. The fourth-order valence-corrected chi connectivity index (χ4v) is 3.77. The topological polar surface area (TPSA) is 99.7 Å². The summed E-state index contributed by atoms with van der Waals surface area (Å²) >= 11 is 6.27. The van der Waals surface area contributed by atoms with Gasteiger partial charge in [0.05, 0.1) is 6.20 Å². The summed E-state index contributed by atoms with van der Waals surface area (Å²) in [5.74, 6) is 1.04. The minimum absolute atomic E-state index is 0.0221. The number of aromatic nitrogens is 4. The van der Waals surface area contributed by atoms with Crippen molar-refractivity contribution in [1.82, 2.24) is 24.9 Å². The number of nitrogens with one attached hydrogen (secondary N) is 1. The molecule has 0 atom stereocenters. The van der Waals surface area contributed by atoms with Crippen molar-refractivity contribution in [2.24, 2.45) is 5.92 Å². The number of imidazole rings is 1. The molecule has 0 radical (unpaired) electrons. The van der Waals surface area contributed by atoms with Gasteiger partial charge in [-0.25, -0.2) is 9.97 Å². The van der Waals surface area contributed by atoms with Gasteiger partial charge in [0.15, 0.2) is 5.82 Å². The number of halogens is 1. The summed E-state index contributed by atoms with van der Waals surface area (Å²) in [6.45, 7) is 5.09. The Kier molecular flexibility index (Phi) is 7.38. The van der Waals surface area contributed by atoms with Gasteiger partial charge in [-0.15, -0.1) is 0 Å². The van der Waals surface area contributed by atoms with Gasteiger partial charge in [0.25, 0.3) is 5.91 Å². The number of nitrogens with zero attached hydrogens (tertiary/aromatic N) is 6. The van der Waals surface area contributed by atoms with Crippen molar-refractivity contribution in [2.45, 2.75) is 20.4 Å². The van der Waals surface area contributed by atoms with Crippen molar-refractivity contribution < 1.29 is 4.79 Å². The normalized spacial score (nSPS) is 10.7. The summed E-state index contributed by atoms with van der Waals surface area (Å²) < 4.78 is 2.07. The number of hydrogen-bond donors (Lipinski definition) is 1. The lowest BCUT2D eigenvalue weighted by Crippen LogP contribution is -2.45. The average Bonchev–Trinajstić information content (AvgIpc) is 3.32. The second-order valence-corrected chi connectivity index (χ2v) is 8.77. The van der Waals surface area contributed by atoms with Crippen LogP contribution < -0.4 is 10.4 Å². The van der Waals surface area contributed by atoms with Crippen LogP contribution in [0.2, 0.25) is 5.02 Å². The number of anilines is 1. The SMILES string of the molecule is CC(C)CN(NC(=O)c1ccc(Cn2ccnc2-c2ccccc2)cc1)c1nc(C#N)ncc1Cl. The predicted molar refractivity (Wildman–Crippen MR) is 135 cm³/mol. The second kappa shape index (κ2) is 10.8. The molecule has 0 fully saturated rings. The molecule has 1 amide bonds. The third-order valence-electron chi connectivity index (χ3n) is 5.18. The predicted octanol–water partition coefficient (Wildman–Crippen LogP) is 4.72. The molecule has 0 saturated heterocycles. The van der Waals surface area contributed by atoms with Gasteiger partial charge in [-0.05, 0) is 23.6 Å². The van der Waals surface area contributed by atoms with E-state index >= 15 is 0 Å². The third kappa shape index (κ3) is 5.83. The van der Waals surface area contributed by atoms with E-state index in [2.05, 4.69) is 24.9 Å². The molecule has 0 aliphatic carbocycles. The lowest BCUT2D eigenvalue weighted by Gasteiger charge is -2.26. The number of rotatable bonds is 8. The van der Waals surface area contributed by atoms with Crippen molar-refractivity contribution >= 4 is 23.3 Å². The van der Waals surface area contributed by atoms with Crippen LogP contribution in [0.3, 0.4) is 0 Å². The molecule has 176 valence electrons. The van der Waals surface area contributed by atoms with Crippen LogP contribution in [-0.2, 0) is 6.54 Å². The first-order valence-corrected chi connectivity index (χ1v) is 11.5. The van der Waals surface area contributed by atoms with Crippen LogP contribution in [0, 0.1) is 17.2 Å². The molecular weight excluding hydrogens is 462 g/mol. The molecule has 0 unspecified atom stereocenters. The minimum Gasteiger partial charge on any atom is -0.327 e. The van der Waals surface area contributed by atoms with E-state index in [9.17, 15) is 4.79 Å². The fraction of sp³-hybridized carbons (Fsp3) is 0.192. The van der Waals surface area contributed by atoms with E-state index in [0.29, 0.717) is 18.7 Å². The van der Waals surface area contributed by atoms with Crippen molar-refractivity contribution in [3.8, 4) is 17.5 Å². The van der Waals surface area contributed by atoms with Gasteiger partial charge in [0, 0.05) is 36.6 Å². The van der Waals surface area contributed by atoms with Crippen molar-refractivity contribution in [2.75, 3.05) is 11.6 Å². The summed E-state index contributed by atoms with van der Waals surface area (Å²) in [6.07, 6.45) is 5.08. The summed E-state index contributed by atoms with van der Waals surface area (Å²) in [5.41, 5.74) is 5.43. The highest BCUT2D eigenvalue weighted by Crippen LogP contribution is 2.23. The van der Waals surface area contributed by atoms with Crippen LogP contribution in [0.5, 0.6) is 0 Å². The van der Waals surface area contributed by atoms with Crippen LogP contribution in [-0.4, -0.2) is 32.0 Å². The number of hydrogen-bond acceptors (Lipinski definition) is 6. The number of benzene rings is 2. The van der Waals surface area contributed by atoms with E-state index in [4.69, 9.17) is 16.9 Å². The van der Waals surface area contributed by atoms with Crippen LogP contribution in [0.25, 0.3) is 11.4 Å². The molecule has 8 nitrogen and oxygen atoms in total. The highest BCUT2D eigenvalue weighted by Gasteiger charge is 2.19. The zero-order valence-electron chi connectivity index (χ0n) is 19.4. The zero-order valence-corrected chi connectivity index (χ0v) is 20.1. The Hall–Kier alpha value is -4.22. The highest BCUT2D eigenvalue weighted by molar-refractivity contribution is 6.32. The van der Waals surface area contributed by atoms with E-state index in [1.807, 2.05) is 68.6 Å². The molecule has 0 aliphatic rings. The Morgan fingerprint density at radius 1 is 1.14 bits per heavy atom. The van der Waals surface area contributed by atoms with Crippen LogP contribution in [0.15, 0.2) is 73.2 Å². The van der Waals surface area contributed by atoms with Gasteiger partial charge in [-0.2, -0.15) is 10.2 Å². The fourth-order valence-electron chi connectivity index (χ4n) is 3.58. The molecule has 4 rings (SSSR count). The molecule has 1 N–H and O–H groups in total. The Morgan fingerprint density at radius 2 is 1.89 bits per heavy atom. The van der Waals surface area contributed by atoms with E-state index in [0.717, 1.165) is 17.0 Å². The standard InChI is InChI=1S/C26H24ClN7O/c1-18(2)16-34(25-22(27)15-30-23(14-28)31-25)32-26(35)21-10-8-19(9-11-21)17-33-13-12-29-24(33)20-6-4-3-5-7-20/h3-13,15,18H,16-17H2,1-2H3,(H,32,35). The average molecular weight is 486 g/mol. The lowest BCUT2D eigenvalue weighted by molar-refractivity contribution is 0.0947. The summed E-state index contributed by atoms with van der Waals surface area (Å²) in [5, 5.41) is 11.0. The van der Waals surface area contributed by atoms with Gasteiger partial charge >= 0.3 is 0 Å². The first-order valence-electron chi connectivity index (χ1n) is 11.1. The quantitative estimate of drug-likeness (QED) is 0.362. The minimum atomic E-state index is -0.307. The van der Waals surface area contributed by atoms with Crippen LogP contribution in [0.4, 0.5) is 5.82 Å². The molecule has 0 spiro atoms. The number of amides is 1. The summed E-state index contributed by atoms with van der Waals surface area (Å²) in [7, 11) is 0. The molecule has 2 heterocycles. The smallest absolute Gasteiger partial charge is 0.269 e. The summed E-state index contributed by atoms with van der Waals surface area (Å²) in [6, 6.07) is 19.3. The number of nitriles is 1. The number of carbonyl (C=O) groups excluding carboxylic acids is 1. The zero-order chi connectivity index (χ0) is 24.8. The van der Waals surface area contributed by atoms with Crippen molar-refractivity contribution in [3.63, 3.8) is 0 Å². The Morgan fingerprint density at radius 3 is 2.57 bits per heavy atom. The molecule has 9 heteroatoms. The van der Waals surface area contributed by atoms with Gasteiger partial charge < -0.3 is 4.57 Å². The first kappa shape index (κ1) is 23.9. The molecule has 2 aromatic carbocycles. The Balaban J connectivity index is 1.50. The first-order chi connectivity index (χ1) is 16.9. The summed E-state index contributed by atoms with van der Waals surface area (Å²) in [4.78, 5) is 25.6. The monoisotopic (exact) mass is 485 g/mol. The van der Waals surface area contributed by atoms with E-state index in [-0.39, 0.29) is 28.5 Å². The largest absolute Gasteiger partial charge is 0.327 e. The van der Waals surface area contributed by atoms with Gasteiger partial charge in [-0.1, -0.05) is 67.9 Å². The van der Waals surface area contributed by atoms with Gasteiger partial charge in [-0.3, -0.25) is 15.2 Å². The molecule has 35 heavy (non-hydrogen) atoms. The lowest BCUT2D eigenvalue weighted by atomic mass is 10.1. The van der Waals surface area contributed by atoms with Crippen molar-refractivity contribution in [3.05, 3.63) is 95.2 Å². The molecule has 2 aromatic heterocycles. The molecule has 0 saturated carbocycles. The Labute approximate surface area is 208 Å². The van der Waals surface area contributed by atoms with Crippen LogP contribution in [0.1, 0.15) is 35.6 Å². The molecule has 0 bridgehead atoms. The molecular formula is C26H24ClN7O. The Bertz CT molecular complexity index is 1340. The van der Waals surface area contributed by atoms with Gasteiger partial charge in [0.2, 0.25) is 5.82 Å². The van der Waals surface area contributed by atoms with E-state index in [1.54, 1.807) is 23.3 Å². The highest BCUT2D eigenvalue weighted by atomic mass is 35.5. The maximum Gasteiger partial charge on any atom is 0.269 e. The molecule has 4 aromatic rings. The van der Waals surface area contributed by atoms with Crippen molar-refractivity contribution in [1.29, 1.82) is 5.26 Å².